The molecule has 0 aliphatic heterocycles. The summed E-state index contributed by atoms with van der Waals surface area (Å²) in [5.41, 5.74) is 5.01. The molecule has 0 saturated carbocycles. The molecule has 0 unspecified atom stereocenters. The minimum atomic E-state index is -1.23. The number of nitrogens with two attached hydrogens (primary N) is 1. The summed E-state index contributed by atoms with van der Waals surface area (Å²) in [5, 5.41) is 10.8. The average molecular weight is 226 g/mol. The Morgan fingerprint density at radius 2 is 2.12 bits per heavy atom. The molecule has 0 bridgehead atoms. The van der Waals surface area contributed by atoms with E-state index in [-0.39, 0.29) is 11.3 Å². The number of anilines is 1. The molecule has 86 valence electrons. The Bertz CT molecular complexity index is 432. The van der Waals surface area contributed by atoms with Crippen molar-refractivity contribution in [1.82, 2.24) is 0 Å². The SMILES string of the molecule is C[C@H](N)C(=O)Nc1ccc(C(=O)O)cc1F. The zero-order valence-electron chi connectivity index (χ0n) is 8.53. The highest BCUT2D eigenvalue weighted by atomic mass is 19.1. The van der Waals surface area contributed by atoms with Gasteiger partial charge in [-0.1, -0.05) is 0 Å². The predicted octanol–water partition coefficient (Wildman–Crippen LogP) is 0.810. The van der Waals surface area contributed by atoms with E-state index in [9.17, 15) is 14.0 Å². The fourth-order valence-electron chi connectivity index (χ4n) is 0.996. The van der Waals surface area contributed by atoms with Crippen LogP contribution in [-0.4, -0.2) is 23.0 Å². The Morgan fingerprint density at radius 3 is 2.56 bits per heavy atom. The second-order valence-electron chi connectivity index (χ2n) is 3.28. The molecule has 4 N–H and O–H groups in total. The number of nitrogens with one attached hydrogen (secondary N) is 1. The summed E-state index contributed by atoms with van der Waals surface area (Å²) in [6, 6.07) is 2.44. The Morgan fingerprint density at radius 1 is 1.50 bits per heavy atom. The van der Waals surface area contributed by atoms with Crippen molar-refractivity contribution in [2.75, 3.05) is 5.32 Å². The maximum Gasteiger partial charge on any atom is 0.335 e. The third-order valence-corrected chi connectivity index (χ3v) is 1.89. The van der Waals surface area contributed by atoms with Gasteiger partial charge in [-0.25, -0.2) is 9.18 Å². The second-order valence-corrected chi connectivity index (χ2v) is 3.28. The Kier molecular flexibility index (Phi) is 3.57. The van der Waals surface area contributed by atoms with Crippen molar-refractivity contribution in [3.63, 3.8) is 0 Å². The zero-order valence-corrected chi connectivity index (χ0v) is 8.53. The van der Waals surface area contributed by atoms with Crippen LogP contribution in [0.25, 0.3) is 0 Å². The van der Waals surface area contributed by atoms with Gasteiger partial charge in [0.15, 0.2) is 0 Å². The van der Waals surface area contributed by atoms with Crippen LogP contribution >= 0.6 is 0 Å². The van der Waals surface area contributed by atoms with Crippen LogP contribution in [-0.2, 0) is 4.79 Å². The molecule has 0 saturated heterocycles. The Labute approximate surface area is 91.1 Å². The molecular formula is C10H11FN2O3. The maximum atomic E-state index is 13.3. The third kappa shape index (κ3) is 2.77. The molecule has 1 atom stereocenters. The van der Waals surface area contributed by atoms with Crippen LogP contribution in [0.4, 0.5) is 10.1 Å². The van der Waals surface area contributed by atoms with Crippen LogP contribution in [0.2, 0.25) is 0 Å². The second kappa shape index (κ2) is 4.71. The molecule has 5 nitrogen and oxygen atoms in total. The number of hydrogen-bond acceptors (Lipinski definition) is 3. The number of carbonyl (C=O) groups excluding carboxylic acids is 1. The van der Waals surface area contributed by atoms with Crippen molar-refractivity contribution in [1.29, 1.82) is 0 Å². The van der Waals surface area contributed by atoms with Crippen molar-refractivity contribution in [2.45, 2.75) is 13.0 Å². The summed E-state index contributed by atoms with van der Waals surface area (Å²) in [5.74, 6) is -2.58. The normalized spacial score (nSPS) is 11.9. The Hall–Kier alpha value is -1.95. The van der Waals surface area contributed by atoms with E-state index in [4.69, 9.17) is 10.8 Å². The van der Waals surface area contributed by atoms with E-state index in [1.54, 1.807) is 0 Å². The first-order valence-electron chi connectivity index (χ1n) is 4.51. The lowest BCUT2D eigenvalue weighted by molar-refractivity contribution is -0.117. The minimum absolute atomic E-state index is 0.0905. The predicted molar refractivity (Wildman–Crippen MR) is 55.6 cm³/mol. The quantitative estimate of drug-likeness (QED) is 0.711. The van der Waals surface area contributed by atoms with E-state index in [0.29, 0.717) is 0 Å². The minimum Gasteiger partial charge on any atom is -0.478 e. The standard InChI is InChI=1S/C10H11FN2O3/c1-5(12)9(14)13-8-3-2-6(10(15)16)4-7(8)11/h2-5H,12H2,1H3,(H,13,14)(H,15,16)/t5-/m0/s1. The first-order valence-corrected chi connectivity index (χ1v) is 4.51. The molecule has 6 heteroatoms. The van der Waals surface area contributed by atoms with Crippen LogP contribution < -0.4 is 11.1 Å². The highest BCUT2D eigenvalue weighted by molar-refractivity contribution is 5.95. The molecule has 0 aliphatic rings. The van der Waals surface area contributed by atoms with Gasteiger partial charge >= 0.3 is 5.97 Å². The van der Waals surface area contributed by atoms with Crippen molar-refractivity contribution in [3.8, 4) is 0 Å². The average Bonchev–Trinajstić information content (AvgIpc) is 2.20. The van der Waals surface area contributed by atoms with Crippen LogP contribution in [0, 0.1) is 5.82 Å². The van der Waals surface area contributed by atoms with Crippen molar-refractivity contribution < 1.29 is 19.1 Å². The largest absolute Gasteiger partial charge is 0.478 e. The molecule has 1 rings (SSSR count). The van der Waals surface area contributed by atoms with E-state index in [1.165, 1.54) is 19.1 Å². The molecule has 0 fully saturated rings. The van der Waals surface area contributed by atoms with E-state index < -0.39 is 23.7 Å². The Balaban J connectivity index is 2.91. The van der Waals surface area contributed by atoms with Crippen molar-refractivity contribution in [2.24, 2.45) is 5.73 Å². The van der Waals surface area contributed by atoms with E-state index in [0.717, 1.165) is 6.07 Å². The summed E-state index contributed by atoms with van der Waals surface area (Å²) in [6.07, 6.45) is 0. The van der Waals surface area contributed by atoms with E-state index in [2.05, 4.69) is 5.32 Å². The number of amides is 1. The molecule has 0 radical (unpaired) electrons. The molecule has 0 aliphatic carbocycles. The summed E-state index contributed by atoms with van der Waals surface area (Å²) in [4.78, 5) is 21.7. The molecule has 0 aromatic heterocycles. The van der Waals surface area contributed by atoms with Gasteiger partial charge in [0.2, 0.25) is 5.91 Å². The molecule has 0 spiro atoms. The zero-order chi connectivity index (χ0) is 12.3. The van der Waals surface area contributed by atoms with Gasteiger partial charge in [-0.2, -0.15) is 0 Å². The number of aromatic carboxylic acids is 1. The fraction of sp³-hybridized carbons (Fsp3) is 0.200. The van der Waals surface area contributed by atoms with Gasteiger partial charge in [-0.05, 0) is 25.1 Å². The van der Waals surface area contributed by atoms with Crippen molar-refractivity contribution >= 4 is 17.6 Å². The van der Waals surface area contributed by atoms with Gasteiger partial charge < -0.3 is 16.2 Å². The lowest BCUT2D eigenvalue weighted by atomic mass is 10.2. The number of carboxylic acids is 1. The van der Waals surface area contributed by atoms with Crippen LogP contribution in [0.15, 0.2) is 18.2 Å². The van der Waals surface area contributed by atoms with Gasteiger partial charge in [0.05, 0.1) is 17.3 Å². The summed E-state index contributed by atoms with van der Waals surface area (Å²) in [6.45, 7) is 1.46. The first kappa shape index (κ1) is 12.1. The number of hydrogen-bond donors (Lipinski definition) is 3. The van der Waals surface area contributed by atoms with Gasteiger partial charge in [0.1, 0.15) is 5.82 Å². The summed E-state index contributed by atoms with van der Waals surface area (Å²) >= 11 is 0. The highest BCUT2D eigenvalue weighted by Crippen LogP contribution is 2.15. The number of carbonyl (C=O) groups is 2. The monoisotopic (exact) mass is 226 g/mol. The van der Waals surface area contributed by atoms with E-state index in [1.807, 2.05) is 0 Å². The molecular weight excluding hydrogens is 215 g/mol. The summed E-state index contributed by atoms with van der Waals surface area (Å²) in [7, 11) is 0. The van der Waals surface area contributed by atoms with Crippen LogP contribution in [0.3, 0.4) is 0 Å². The van der Waals surface area contributed by atoms with Gasteiger partial charge in [0.25, 0.3) is 0 Å². The van der Waals surface area contributed by atoms with Crippen LogP contribution in [0.1, 0.15) is 17.3 Å². The topological polar surface area (TPSA) is 92.4 Å². The van der Waals surface area contributed by atoms with Gasteiger partial charge in [-0.15, -0.1) is 0 Å². The van der Waals surface area contributed by atoms with Gasteiger partial charge in [0, 0.05) is 0 Å². The summed E-state index contributed by atoms with van der Waals surface area (Å²) < 4.78 is 13.3. The molecule has 16 heavy (non-hydrogen) atoms. The molecule has 1 aromatic carbocycles. The molecule has 1 amide bonds. The molecule has 1 aromatic rings. The van der Waals surface area contributed by atoms with Gasteiger partial charge in [-0.3, -0.25) is 4.79 Å². The molecule has 0 heterocycles. The number of carboxylic acid groups (broad SMARTS) is 1. The number of benzene rings is 1. The highest BCUT2D eigenvalue weighted by Gasteiger charge is 2.12. The number of halogens is 1. The lowest BCUT2D eigenvalue weighted by Gasteiger charge is -2.08. The lowest BCUT2D eigenvalue weighted by Crippen LogP contribution is -2.32. The van der Waals surface area contributed by atoms with E-state index >= 15 is 0 Å². The third-order valence-electron chi connectivity index (χ3n) is 1.89. The van der Waals surface area contributed by atoms with Crippen molar-refractivity contribution in [3.05, 3.63) is 29.6 Å². The smallest absolute Gasteiger partial charge is 0.335 e. The number of rotatable bonds is 3. The first-order chi connectivity index (χ1) is 7.41. The van der Waals surface area contributed by atoms with Crippen LogP contribution in [0.5, 0.6) is 0 Å². The fourth-order valence-corrected chi connectivity index (χ4v) is 0.996. The maximum absolute atomic E-state index is 13.3.